The van der Waals surface area contributed by atoms with Gasteiger partial charge in [0.05, 0.1) is 0 Å². The quantitative estimate of drug-likeness (QED) is 0.809. The molecule has 2 atom stereocenters. The normalized spacial score (nSPS) is 21.4. The molecule has 4 nitrogen and oxygen atoms in total. The molecule has 1 aliphatic heterocycles. The molecule has 3 rings (SSSR count). The van der Waals surface area contributed by atoms with Gasteiger partial charge >= 0.3 is 0 Å². The van der Waals surface area contributed by atoms with Crippen LogP contribution in [-0.2, 0) is 11.2 Å². The van der Waals surface area contributed by atoms with E-state index in [0.29, 0.717) is 6.42 Å². The lowest BCUT2D eigenvalue weighted by atomic mass is 9.98. The number of carbonyl (C=O) groups excluding carboxylic acids is 1. The average Bonchev–Trinajstić information content (AvgIpc) is 2.57. The van der Waals surface area contributed by atoms with Gasteiger partial charge in [0, 0.05) is 6.04 Å². The van der Waals surface area contributed by atoms with Crippen LogP contribution in [0.25, 0.3) is 11.1 Å². The monoisotopic (exact) mass is 296 g/mol. The Labute approximate surface area is 130 Å². The number of hydrogen-bond donors (Lipinski definition) is 3. The van der Waals surface area contributed by atoms with Crippen LogP contribution in [0.15, 0.2) is 54.6 Å². The standard InChI is InChI=1S/C18H20N2O2/c21-17-12-16(19-20-18(17)22)11-8-13-6-9-15(10-7-13)14-4-2-1-3-5-14/h1-7,9-10,16-17,19,21H,8,11-12H2,(H,20,22). The van der Waals surface area contributed by atoms with E-state index in [2.05, 4.69) is 47.2 Å². The fourth-order valence-corrected chi connectivity index (χ4v) is 2.72. The second-order valence-corrected chi connectivity index (χ2v) is 5.68. The van der Waals surface area contributed by atoms with Crippen LogP contribution >= 0.6 is 0 Å². The Morgan fingerprint density at radius 3 is 2.36 bits per heavy atom. The van der Waals surface area contributed by atoms with Crippen LogP contribution < -0.4 is 10.9 Å². The van der Waals surface area contributed by atoms with E-state index in [0.717, 1.165) is 12.8 Å². The third-order valence-corrected chi connectivity index (χ3v) is 4.05. The van der Waals surface area contributed by atoms with Crippen LogP contribution in [-0.4, -0.2) is 23.2 Å². The van der Waals surface area contributed by atoms with Crippen molar-refractivity contribution >= 4 is 5.91 Å². The van der Waals surface area contributed by atoms with Gasteiger partial charge in [-0.3, -0.25) is 10.2 Å². The van der Waals surface area contributed by atoms with Crippen LogP contribution in [0, 0.1) is 0 Å². The maximum Gasteiger partial charge on any atom is 0.262 e. The van der Waals surface area contributed by atoms with E-state index in [1.807, 2.05) is 18.2 Å². The van der Waals surface area contributed by atoms with E-state index in [-0.39, 0.29) is 11.9 Å². The van der Waals surface area contributed by atoms with Gasteiger partial charge in [-0.2, -0.15) is 0 Å². The molecule has 1 amide bonds. The molecule has 0 aromatic heterocycles. The van der Waals surface area contributed by atoms with Crippen molar-refractivity contribution in [2.24, 2.45) is 0 Å². The number of aliphatic hydroxyl groups is 1. The molecule has 0 bridgehead atoms. The van der Waals surface area contributed by atoms with Gasteiger partial charge in [0.1, 0.15) is 6.10 Å². The summed E-state index contributed by atoms with van der Waals surface area (Å²) >= 11 is 0. The lowest BCUT2D eigenvalue weighted by molar-refractivity contribution is -0.134. The first kappa shape index (κ1) is 14.8. The highest BCUT2D eigenvalue weighted by atomic mass is 16.3. The average molecular weight is 296 g/mol. The Balaban J connectivity index is 1.57. The van der Waals surface area contributed by atoms with E-state index in [9.17, 15) is 9.90 Å². The predicted octanol–water partition coefficient (Wildman–Crippen LogP) is 2.04. The molecular formula is C18H20N2O2. The molecule has 2 aromatic rings. The number of benzene rings is 2. The highest BCUT2D eigenvalue weighted by Gasteiger charge is 2.25. The summed E-state index contributed by atoms with van der Waals surface area (Å²) in [6, 6.07) is 19.0. The fraction of sp³-hybridized carbons (Fsp3) is 0.278. The predicted molar refractivity (Wildman–Crippen MR) is 85.9 cm³/mol. The van der Waals surface area contributed by atoms with Crippen LogP contribution in [0.5, 0.6) is 0 Å². The van der Waals surface area contributed by atoms with Crippen LogP contribution in [0.4, 0.5) is 0 Å². The molecule has 4 heteroatoms. The molecule has 2 unspecified atom stereocenters. The van der Waals surface area contributed by atoms with Gasteiger partial charge in [-0.1, -0.05) is 54.6 Å². The number of hydrogen-bond acceptors (Lipinski definition) is 3. The van der Waals surface area contributed by atoms with E-state index in [1.165, 1.54) is 16.7 Å². The van der Waals surface area contributed by atoms with Gasteiger partial charge in [-0.05, 0) is 36.0 Å². The highest BCUT2D eigenvalue weighted by molar-refractivity contribution is 5.80. The summed E-state index contributed by atoms with van der Waals surface area (Å²) in [6.45, 7) is 0. The minimum atomic E-state index is -0.897. The van der Waals surface area contributed by atoms with Crippen molar-refractivity contribution in [3.05, 3.63) is 60.2 Å². The van der Waals surface area contributed by atoms with Crippen molar-refractivity contribution < 1.29 is 9.90 Å². The third-order valence-electron chi connectivity index (χ3n) is 4.05. The molecule has 0 aliphatic carbocycles. The summed E-state index contributed by atoms with van der Waals surface area (Å²) in [4.78, 5) is 11.2. The molecule has 114 valence electrons. The maximum absolute atomic E-state index is 11.2. The molecule has 22 heavy (non-hydrogen) atoms. The van der Waals surface area contributed by atoms with Crippen molar-refractivity contribution in [3.8, 4) is 11.1 Å². The molecule has 1 fully saturated rings. The van der Waals surface area contributed by atoms with E-state index < -0.39 is 6.10 Å². The van der Waals surface area contributed by atoms with Gasteiger partial charge in [0.2, 0.25) is 0 Å². The molecule has 0 saturated carbocycles. The Morgan fingerprint density at radius 1 is 1.00 bits per heavy atom. The zero-order valence-electron chi connectivity index (χ0n) is 12.3. The summed E-state index contributed by atoms with van der Waals surface area (Å²) in [7, 11) is 0. The van der Waals surface area contributed by atoms with Gasteiger partial charge in [0.25, 0.3) is 5.91 Å². The highest BCUT2D eigenvalue weighted by Crippen LogP contribution is 2.20. The van der Waals surface area contributed by atoms with Crippen LogP contribution in [0.2, 0.25) is 0 Å². The largest absolute Gasteiger partial charge is 0.383 e. The number of aryl methyl sites for hydroxylation is 1. The van der Waals surface area contributed by atoms with Crippen molar-refractivity contribution in [3.63, 3.8) is 0 Å². The Bertz CT molecular complexity index is 625. The number of nitrogens with one attached hydrogen (secondary N) is 2. The van der Waals surface area contributed by atoms with E-state index >= 15 is 0 Å². The second-order valence-electron chi connectivity index (χ2n) is 5.68. The van der Waals surface area contributed by atoms with Crippen LogP contribution in [0.1, 0.15) is 18.4 Å². The molecule has 0 spiro atoms. The Hall–Kier alpha value is -2.17. The molecule has 1 saturated heterocycles. The first-order chi connectivity index (χ1) is 10.7. The minimum absolute atomic E-state index is 0.112. The van der Waals surface area contributed by atoms with E-state index in [4.69, 9.17) is 0 Å². The summed E-state index contributed by atoms with van der Waals surface area (Å²) in [5.74, 6) is -0.344. The zero-order valence-corrected chi connectivity index (χ0v) is 12.3. The summed E-state index contributed by atoms with van der Waals surface area (Å²) in [5.41, 5.74) is 9.14. The summed E-state index contributed by atoms with van der Waals surface area (Å²) in [5, 5.41) is 9.56. The molecule has 2 aromatic carbocycles. The molecule has 1 aliphatic rings. The number of rotatable bonds is 4. The SMILES string of the molecule is O=C1NNC(CCc2ccc(-c3ccccc3)cc2)CC1O. The number of aliphatic hydroxyl groups excluding tert-OH is 1. The lowest BCUT2D eigenvalue weighted by Crippen LogP contribution is -2.55. The lowest BCUT2D eigenvalue weighted by Gasteiger charge is -2.27. The molecule has 0 radical (unpaired) electrons. The van der Waals surface area contributed by atoms with Gasteiger partial charge in [0.15, 0.2) is 0 Å². The maximum atomic E-state index is 11.2. The smallest absolute Gasteiger partial charge is 0.262 e. The Morgan fingerprint density at radius 2 is 1.68 bits per heavy atom. The zero-order chi connectivity index (χ0) is 15.4. The third kappa shape index (κ3) is 3.53. The van der Waals surface area contributed by atoms with Crippen molar-refractivity contribution in [2.75, 3.05) is 0 Å². The van der Waals surface area contributed by atoms with Crippen molar-refractivity contribution in [2.45, 2.75) is 31.4 Å². The first-order valence-electron chi connectivity index (χ1n) is 7.60. The van der Waals surface area contributed by atoms with Gasteiger partial charge < -0.3 is 5.11 Å². The van der Waals surface area contributed by atoms with Gasteiger partial charge in [-0.15, -0.1) is 0 Å². The Kier molecular flexibility index (Phi) is 4.51. The first-order valence-corrected chi connectivity index (χ1v) is 7.60. The molecule has 1 heterocycles. The second kappa shape index (κ2) is 6.73. The van der Waals surface area contributed by atoms with Crippen molar-refractivity contribution in [1.29, 1.82) is 0 Å². The van der Waals surface area contributed by atoms with Crippen molar-refractivity contribution in [1.82, 2.24) is 10.9 Å². The number of carbonyl (C=O) groups is 1. The molecule has 3 N–H and O–H groups in total. The van der Waals surface area contributed by atoms with E-state index in [1.54, 1.807) is 0 Å². The number of amides is 1. The fourth-order valence-electron chi connectivity index (χ4n) is 2.72. The minimum Gasteiger partial charge on any atom is -0.383 e. The molecular weight excluding hydrogens is 276 g/mol. The van der Waals surface area contributed by atoms with Gasteiger partial charge in [-0.25, -0.2) is 5.43 Å². The number of hydrazine groups is 1. The topological polar surface area (TPSA) is 61.4 Å². The van der Waals surface area contributed by atoms with Crippen LogP contribution in [0.3, 0.4) is 0 Å². The summed E-state index contributed by atoms with van der Waals surface area (Å²) < 4.78 is 0. The summed E-state index contributed by atoms with van der Waals surface area (Å²) in [6.07, 6.45) is 1.36.